The van der Waals surface area contributed by atoms with Crippen molar-refractivity contribution in [3.63, 3.8) is 0 Å². The molecule has 26 heavy (non-hydrogen) atoms. The highest BCUT2D eigenvalue weighted by Crippen LogP contribution is 2.46. The molecule has 0 saturated heterocycles. The first kappa shape index (κ1) is 18.2. The van der Waals surface area contributed by atoms with Gasteiger partial charge in [-0.2, -0.15) is 0 Å². The maximum absolute atomic E-state index is 2.42. The van der Waals surface area contributed by atoms with E-state index in [4.69, 9.17) is 0 Å². The van der Waals surface area contributed by atoms with Gasteiger partial charge in [-0.3, -0.25) is 0 Å². The van der Waals surface area contributed by atoms with Crippen LogP contribution in [-0.4, -0.2) is 0 Å². The first-order valence-corrected chi connectivity index (χ1v) is 12.5. The summed E-state index contributed by atoms with van der Waals surface area (Å²) in [6.07, 6.45) is 3.30. The predicted molar refractivity (Wildman–Crippen MR) is 122 cm³/mol. The summed E-state index contributed by atoms with van der Waals surface area (Å²) in [5.74, 6) is 0. The molecule has 4 heteroatoms. The van der Waals surface area contributed by atoms with Gasteiger partial charge in [0, 0.05) is 29.3 Å². The molecule has 0 unspecified atom stereocenters. The molecule has 0 bridgehead atoms. The summed E-state index contributed by atoms with van der Waals surface area (Å²) in [4.78, 5) is 8.63. The highest BCUT2D eigenvalue weighted by Gasteiger charge is 2.17. The average molecular weight is 415 g/mol. The van der Waals surface area contributed by atoms with Crippen LogP contribution in [0.1, 0.15) is 37.5 Å². The van der Waals surface area contributed by atoms with Gasteiger partial charge in [0.15, 0.2) is 0 Å². The lowest BCUT2D eigenvalue weighted by molar-refractivity contribution is 1.15. The van der Waals surface area contributed by atoms with Gasteiger partial charge in [-0.05, 0) is 77.0 Å². The number of hydrogen-bond donors (Lipinski definition) is 0. The van der Waals surface area contributed by atoms with Gasteiger partial charge in [-0.15, -0.1) is 45.3 Å². The highest BCUT2D eigenvalue weighted by molar-refractivity contribution is 7.28. The van der Waals surface area contributed by atoms with Gasteiger partial charge >= 0.3 is 0 Å². The standard InChI is InChI=1S/C22H22S4/c1-4-14-9-11-23-20(14)17-7-8-18(25-17)22-16(6-3)13-19(26-22)21-15(5-2)10-12-24-21/h7-13H,4-6H2,1-3H3. The third-order valence-electron chi connectivity index (χ3n) is 4.72. The van der Waals surface area contributed by atoms with Crippen LogP contribution in [0, 0.1) is 0 Å². The van der Waals surface area contributed by atoms with E-state index < -0.39 is 0 Å². The van der Waals surface area contributed by atoms with Crippen molar-refractivity contribution < 1.29 is 0 Å². The lowest BCUT2D eigenvalue weighted by Gasteiger charge is -1.98. The van der Waals surface area contributed by atoms with Gasteiger partial charge < -0.3 is 0 Å². The summed E-state index contributed by atoms with van der Waals surface area (Å²) in [5.41, 5.74) is 4.43. The van der Waals surface area contributed by atoms with Crippen molar-refractivity contribution in [3.8, 4) is 29.3 Å². The fraction of sp³-hybridized carbons (Fsp3) is 0.273. The lowest BCUT2D eigenvalue weighted by atomic mass is 10.1. The van der Waals surface area contributed by atoms with Crippen molar-refractivity contribution in [2.75, 3.05) is 0 Å². The molecular formula is C22H22S4. The van der Waals surface area contributed by atoms with Crippen LogP contribution in [-0.2, 0) is 19.3 Å². The van der Waals surface area contributed by atoms with Crippen LogP contribution in [0.5, 0.6) is 0 Å². The van der Waals surface area contributed by atoms with E-state index in [1.807, 2.05) is 45.3 Å². The quantitative estimate of drug-likeness (QED) is 0.296. The third-order valence-corrected chi connectivity index (χ3v) is 9.44. The van der Waals surface area contributed by atoms with Gasteiger partial charge in [0.25, 0.3) is 0 Å². The van der Waals surface area contributed by atoms with Gasteiger partial charge in [-0.25, -0.2) is 0 Å². The zero-order chi connectivity index (χ0) is 18.1. The third kappa shape index (κ3) is 3.24. The van der Waals surface area contributed by atoms with E-state index in [0.29, 0.717) is 0 Å². The van der Waals surface area contributed by atoms with Crippen molar-refractivity contribution in [2.24, 2.45) is 0 Å². The second-order valence-electron chi connectivity index (χ2n) is 6.24. The Balaban J connectivity index is 1.75. The Morgan fingerprint density at radius 2 is 1.12 bits per heavy atom. The largest absolute Gasteiger partial charge is 0.143 e. The van der Waals surface area contributed by atoms with Crippen molar-refractivity contribution in [1.82, 2.24) is 0 Å². The monoisotopic (exact) mass is 414 g/mol. The maximum atomic E-state index is 2.42. The summed E-state index contributed by atoms with van der Waals surface area (Å²) < 4.78 is 0. The van der Waals surface area contributed by atoms with Crippen LogP contribution in [0.2, 0.25) is 0 Å². The average Bonchev–Trinajstić information content (AvgIpc) is 3.45. The normalized spacial score (nSPS) is 11.3. The van der Waals surface area contributed by atoms with Gasteiger partial charge in [0.2, 0.25) is 0 Å². The summed E-state index contributed by atoms with van der Waals surface area (Å²) >= 11 is 7.66. The fourth-order valence-electron chi connectivity index (χ4n) is 3.25. The molecule has 0 radical (unpaired) electrons. The van der Waals surface area contributed by atoms with E-state index in [2.05, 4.69) is 61.9 Å². The molecule has 4 aromatic heterocycles. The van der Waals surface area contributed by atoms with Crippen LogP contribution in [0.25, 0.3) is 29.3 Å². The molecule has 0 aromatic carbocycles. The second-order valence-corrected chi connectivity index (χ2v) is 10.2. The molecule has 0 amide bonds. The smallest absolute Gasteiger partial charge is 0.0481 e. The van der Waals surface area contributed by atoms with E-state index in [-0.39, 0.29) is 0 Å². The van der Waals surface area contributed by atoms with E-state index in [0.717, 1.165) is 19.3 Å². The molecule has 0 saturated carbocycles. The first-order chi connectivity index (χ1) is 12.7. The van der Waals surface area contributed by atoms with Crippen LogP contribution in [0.3, 0.4) is 0 Å². The maximum Gasteiger partial charge on any atom is 0.0481 e. The van der Waals surface area contributed by atoms with Gasteiger partial charge in [0.05, 0.1) is 0 Å². The minimum Gasteiger partial charge on any atom is -0.143 e. The van der Waals surface area contributed by atoms with Crippen molar-refractivity contribution in [1.29, 1.82) is 0 Å². The Morgan fingerprint density at radius 1 is 0.577 bits per heavy atom. The van der Waals surface area contributed by atoms with Gasteiger partial charge in [-0.1, -0.05) is 20.8 Å². The fourth-order valence-corrected chi connectivity index (χ4v) is 7.97. The number of rotatable bonds is 6. The highest BCUT2D eigenvalue weighted by atomic mass is 32.1. The molecule has 0 spiro atoms. The minimum atomic E-state index is 1.09. The van der Waals surface area contributed by atoms with Gasteiger partial charge in [0.1, 0.15) is 0 Å². The zero-order valence-corrected chi connectivity index (χ0v) is 18.6. The molecule has 0 aliphatic rings. The minimum absolute atomic E-state index is 1.09. The molecule has 4 heterocycles. The molecule has 0 fully saturated rings. The van der Waals surface area contributed by atoms with E-state index in [1.165, 1.54) is 46.0 Å². The number of thiophene rings is 4. The van der Waals surface area contributed by atoms with Crippen molar-refractivity contribution >= 4 is 45.3 Å². The van der Waals surface area contributed by atoms with E-state index >= 15 is 0 Å². The molecule has 134 valence electrons. The molecule has 0 atom stereocenters. The Labute approximate surface area is 171 Å². The van der Waals surface area contributed by atoms with Crippen LogP contribution >= 0.6 is 45.3 Å². The summed E-state index contributed by atoms with van der Waals surface area (Å²) in [6, 6.07) is 11.6. The molecule has 0 N–H and O–H groups in total. The molecular weight excluding hydrogens is 393 g/mol. The molecule has 4 aromatic rings. The van der Waals surface area contributed by atoms with Crippen molar-refractivity contribution in [3.05, 3.63) is 57.8 Å². The topological polar surface area (TPSA) is 0 Å². The molecule has 0 aliphatic heterocycles. The van der Waals surface area contributed by atoms with E-state index in [9.17, 15) is 0 Å². The van der Waals surface area contributed by atoms with E-state index in [1.54, 1.807) is 0 Å². The van der Waals surface area contributed by atoms with Crippen LogP contribution in [0.4, 0.5) is 0 Å². The first-order valence-electron chi connectivity index (χ1n) is 9.11. The number of aryl methyl sites for hydroxylation is 3. The Bertz CT molecular complexity index is 1010. The Hall–Kier alpha value is -1.20. The van der Waals surface area contributed by atoms with Crippen LogP contribution < -0.4 is 0 Å². The second kappa shape index (κ2) is 7.81. The summed E-state index contributed by atoms with van der Waals surface area (Å²) in [5, 5.41) is 4.45. The summed E-state index contributed by atoms with van der Waals surface area (Å²) in [6.45, 7) is 6.76. The molecule has 0 aliphatic carbocycles. The Kier molecular flexibility index (Phi) is 5.46. The Morgan fingerprint density at radius 3 is 1.69 bits per heavy atom. The lowest BCUT2D eigenvalue weighted by Crippen LogP contribution is -1.78. The summed E-state index contributed by atoms with van der Waals surface area (Å²) in [7, 11) is 0. The zero-order valence-electron chi connectivity index (χ0n) is 15.3. The SMILES string of the molecule is CCc1ccsc1-c1ccc(-c2sc(-c3sccc3CC)cc2CC)s1. The molecule has 0 nitrogen and oxygen atoms in total. The van der Waals surface area contributed by atoms with Crippen LogP contribution in [0.15, 0.2) is 41.1 Å². The molecule has 4 rings (SSSR count). The van der Waals surface area contributed by atoms with Crippen molar-refractivity contribution in [2.45, 2.75) is 40.0 Å². The number of hydrogen-bond acceptors (Lipinski definition) is 4. The predicted octanol–water partition coefficient (Wildman–Crippen LogP) is 8.62.